The van der Waals surface area contributed by atoms with Crippen LogP contribution in [0.4, 0.5) is 0 Å². The zero-order chi connectivity index (χ0) is 9.30. The van der Waals surface area contributed by atoms with E-state index in [2.05, 4.69) is 40.7 Å². The summed E-state index contributed by atoms with van der Waals surface area (Å²) in [5, 5.41) is 0. The van der Waals surface area contributed by atoms with Gasteiger partial charge in [0.2, 0.25) is 0 Å². The van der Waals surface area contributed by atoms with E-state index in [1.165, 1.54) is 27.8 Å². The van der Waals surface area contributed by atoms with Crippen LogP contribution in [0.3, 0.4) is 0 Å². The van der Waals surface area contributed by atoms with Crippen molar-refractivity contribution in [3.8, 4) is 0 Å². The molecule has 0 spiro atoms. The maximum atomic E-state index is 3.43. The molecule has 0 fully saturated rings. The Kier molecular flexibility index (Phi) is 386. The van der Waals surface area contributed by atoms with E-state index in [0.717, 1.165) is 6.42 Å². The molecule has 0 saturated heterocycles. The monoisotopic (exact) mass is 1940 g/mol. The third-order valence-corrected chi connectivity index (χ3v) is 2.83. The fourth-order valence-corrected chi connectivity index (χ4v) is 1.56. The standard InChI is InChI=1S/C12H17.20Y/c1-6-12-7-8(2)9(3)10(4)11(12)5;;;;;;;;;;;;;;;;;;;;/h6H2,1-5H3;;;;;;;;;;;;;;;;;;;;/q-1;;;;;;;;;;;;;;;;;;;;. The van der Waals surface area contributed by atoms with E-state index in [1.807, 2.05) is 0 Å². The fraction of sp³-hybridized carbons (Fsp3) is 0.500. The van der Waals surface area contributed by atoms with Gasteiger partial charge in [-0.05, 0) is 0 Å². The molecule has 20 radical (unpaired) electrons. The van der Waals surface area contributed by atoms with Crippen molar-refractivity contribution in [1.82, 2.24) is 0 Å². The van der Waals surface area contributed by atoms with Crippen LogP contribution < -0.4 is 0 Å². The van der Waals surface area contributed by atoms with Crippen molar-refractivity contribution in [2.45, 2.75) is 41.0 Å². The quantitative estimate of drug-likeness (QED) is 0.380. The molecule has 0 nitrogen and oxygen atoms in total. The van der Waals surface area contributed by atoms with Gasteiger partial charge < -0.3 is 0 Å². The molecule has 0 amide bonds. The zero-order valence-corrected chi connectivity index (χ0v) is 77.0. The van der Waals surface area contributed by atoms with E-state index in [-0.39, 0.29) is 654 Å². The number of aryl methyl sites for hydroxylation is 2. The Bertz CT molecular complexity index is 326. The molecule has 1 aromatic rings. The summed E-state index contributed by atoms with van der Waals surface area (Å²) in [7, 11) is 0. The third-order valence-electron chi connectivity index (χ3n) is 2.83. The summed E-state index contributed by atoms with van der Waals surface area (Å²) in [4.78, 5) is 0. The number of rotatable bonds is 1. The van der Waals surface area contributed by atoms with E-state index < -0.39 is 0 Å². The van der Waals surface area contributed by atoms with Gasteiger partial charge in [0.15, 0.2) is 0 Å². The minimum atomic E-state index is 0. The van der Waals surface area contributed by atoms with Gasteiger partial charge in [-0.15, -0.1) is 0 Å². The average Bonchev–Trinajstić information content (AvgIpc) is 2.08. The third kappa shape index (κ3) is 69.2. The summed E-state index contributed by atoms with van der Waals surface area (Å²) < 4.78 is 0. The van der Waals surface area contributed by atoms with Crippen LogP contribution in [0.25, 0.3) is 0 Å². The van der Waals surface area contributed by atoms with Crippen LogP contribution in [0, 0.1) is 33.8 Å². The molecule has 0 atom stereocenters. The molecule has 0 N–H and O–H groups in total. The topological polar surface area (TPSA) is 0 Å². The minimum absolute atomic E-state index is 0. The molecule has 126 valence electrons. The van der Waals surface area contributed by atoms with Crippen LogP contribution in [0.5, 0.6) is 0 Å². The van der Waals surface area contributed by atoms with Crippen molar-refractivity contribution in [3.05, 3.63) is 33.9 Å². The van der Waals surface area contributed by atoms with Crippen LogP contribution >= 0.6 is 0 Å². The molecule has 32 heavy (non-hydrogen) atoms. The number of hydrogen-bond donors (Lipinski definition) is 0. The molecule has 0 unspecified atom stereocenters. The largest absolute Gasteiger partial charge is 0.177 e. The minimum Gasteiger partial charge on any atom is -0.177 e. The maximum absolute atomic E-state index is 3.43. The summed E-state index contributed by atoms with van der Waals surface area (Å²) in [5.41, 5.74) is 6.92. The van der Waals surface area contributed by atoms with Crippen LogP contribution in [-0.4, -0.2) is 0 Å². The average molecular weight is 1940 g/mol. The molecule has 0 aliphatic rings. The molecule has 0 aliphatic carbocycles. The summed E-state index contributed by atoms with van der Waals surface area (Å²) in [6.07, 6.45) is 1.09. The first kappa shape index (κ1) is 131. The van der Waals surface area contributed by atoms with Crippen molar-refractivity contribution >= 4 is 0 Å². The Balaban J connectivity index is -0.00000000400. The molecule has 0 saturated carbocycles. The zero-order valence-electron chi connectivity index (χ0n) is 20.3. The van der Waals surface area contributed by atoms with Gasteiger partial charge in [0.1, 0.15) is 0 Å². The van der Waals surface area contributed by atoms with Crippen LogP contribution in [0.2, 0.25) is 0 Å². The number of hydrogen-bond acceptors (Lipinski definition) is 0. The van der Waals surface area contributed by atoms with Crippen molar-refractivity contribution in [1.29, 1.82) is 0 Å². The first-order valence-electron chi connectivity index (χ1n) is 4.56. The van der Waals surface area contributed by atoms with E-state index >= 15 is 0 Å². The predicted octanol–water partition coefficient (Wildman–Crippen LogP) is 3.23. The molecule has 0 heterocycles. The number of benzene rings is 1. The van der Waals surface area contributed by atoms with Gasteiger partial charge in [0, 0.05) is 654 Å². The SMILES string of the molecule is CCc1[c-]c(C)c(C)c(C)c1C.[Y].[Y].[Y].[Y].[Y].[Y].[Y].[Y].[Y].[Y].[Y].[Y].[Y].[Y].[Y].[Y].[Y].[Y].[Y].[Y]. The van der Waals surface area contributed by atoms with Gasteiger partial charge in [-0.3, -0.25) is 0 Å². The van der Waals surface area contributed by atoms with Crippen molar-refractivity contribution < 1.29 is 654 Å². The molecular weight excluding hydrogens is 1920 g/mol. The van der Waals surface area contributed by atoms with Crippen LogP contribution in [0.15, 0.2) is 0 Å². The Labute approximate surface area is 703 Å². The predicted molar refractivity (Wildman–Crippen MR) is 53.6 cm³/mol. The molecule has 1 aromatic carbocycles. The summed E-state index contributed by atoms with van der Waals surface area (Å²) >= 11 is 0. The van der Waals surface area contributed by atoms with Gasteiger partial charge in [-0.2, -0.15) is 33.9 Å². The van der Waals surface area contributed by atoms with Gasteiger partial charge >= 0.3 is 0 Å². The summed E-state index contributed by atoms with van der Waals surface area (Å²) in [6, 6.07) is 3.43. The van der Waals surface area contributed by atoms with E-state index in [9.17, 15) is 0 Å². The van der Waals surface area contributed by atoms with Crippen LogP contribution in [0.1, 0.15) is 34.7 Å². The Morgan fingerprint density at radius 3 is 0.781 bits per heavy atom. The summed E-state index contributed by atoms with van der Waals surface area (Å²) in [6.45, 7) is 10.9. The van der Waals surface area contributed by atoms with E-state index in [1.54, 1.807) is 0 Å². The second-order valence-corrected chi connectivity index (χ2v) is 3.46. The molecule has 20 heteroatoms. The first-order valence-corrected chi connectivity index (χ1v) is 4.56. The molecule has 0 bridgehead atoms. The first-order chi connectivity index (χ1) is 5.57. The molecule has 1 rings (SSSR count). The van der Waals surface area contributed by atoms with Gasteiger partial charge in [-0.1, -0.05) is 41.0 Å². The Morgan fingerprint density at radius 2 is 0.594 bits per heavy atom. The smallest absolute Gasteiger partial charge is 0 e. The molecular formula is C12H17Y20-. The van der Waals surface area contributed by atoms with E-state index in [0.29, 0.717) is 0 Å². The van der Waals surface area contributed by atoms with Crippen molar-refractivity contribution in [2.75, 3.05) is 0 Å². The van der Waals surface area contributed by atoms with Gasteiger partial charge in [0.25, 0.3) is 0 Å². The second kappa shape index (κ2) is 93.8. The fourth-order valence-electron chi connectivity index (χ4n) is 1.56. The summed E-state index contributed by atoms with van der Waals surface area (Å²) in [5.74, 6) is 0. The maximum Gasteiger partial charge on any atom is 0 e. The molecule has 0 aliphatic heterocycles. The van der Waals surface area contributed by atoms with Gasteiger partial charge in [-0.25, -0.2) is 0 Å². The molecule has 0 aromatic heterocycles. The Morgan fingerprint density at radius 1 is 0.375 bits per heavy atom. The van der Waals surface area contributed by atoms with E-state index in [4.69, 9.17) is 0 Å². The van der Waals surface area contributed by atoms with Crippen molar-refractivity contribution in [2.24, 2.45) is 0 Å². The van der Waals surface area contributed by atoms with Gasteiger partial charge in [0.05, 0.1) is 0 Å². The second-order valence-electron chi connectivity index (χ2n) is 3.46. The van der Waals surface area contributed by atoms with Crippen molar-refractivity contribution in [3.63, 3.8) is 0 Å². The Hall–Kier alpha value is 21.3. The normalized spacial score (nSPS) is 3.91. The van der Waals surface area contributed by atoms with Crippen LogP contribution in [-0.2, 0) is 661 Å².